The van der Waals surface area contributed by atoms with Crippen molar-refractivity contribution >= 4 is 34.0 Å². The predicted octanol–water partition coefficient (Wildman–Crippen LogP) is 3.43. The van der Waals surface area contributed by atoms with Crippen molar-refractivity contribution < 1.29 is 4.79 Å². The van der Waals surface area contributed by atoms with Crippen molar-refractivity contribution in [1.82, 2.24) is 19.9 Å². The smallest absolute Gasteiger partial charge is 0.310 e. The lowest BCUT2D eigenvalue weighted by Crippen LogP contribution is -2.44. The Morgan fingerprint density at radius 2 is 1.86 bits per heavy atom. The topological polar surface area (TPSA) is 102 Å². The van der Waals surface area contributed by atoms with Crippen LogP contribution in [-0.2, 0) is 24.3 Å². The van der Waals surface area contributed by atoms with Crippen molar-refractivity contribution in [2.24, 2.45) is 0 Å². The van der Waals surface area contributed by atoms with Crippen LogP contribution in [0.2, 0.25) is 5.02 Å². The molecule has 0 atom stereocenters. The number of carbonyl (C=O) groups is 1. The Bertz CT molecular complexity index is 1460. The minimum absolute atomic E-state index is 0.110. The Hall–Kier alpha value is -3.53. The van der Waals surface area contributed by atoms with Gasteiger partial charge in [-0.15, -0.1) is 11.3 Å². The van der Waals surface area contributed by atoms with Crippen LogP contribution in [0.1, 0.15) is 16.8 Å². The maximum absolute atomic E-state index is 13.5. The van der Waals surface area contributed by atoms with Gasteiger partial charge in [-0.2, -0.15) is 0 Å². The van der Waals surface area contributed by atoms with Crippen LogP contribution in [0.15, 0.2) is 69.6 Å². The van der Waals surface area contributed by atoms with Crippen molar-refractivity contribution in [2.75, 3.05) is 18.0 Å². The molecule has 1 amide bonds. The number of nitrogens with one attached hydrogen (secondary N) is 2. The monoisotopic (exact) mass is 507 g/mol. The van der Waals surface area contributed by atoms with Crippen LogP contribution in [-0.4, -0.2) is 38.8 Å². The lowest BCUT2D eigenvalue weighted by atomic mass is 10.1. The minimum atomic E-state index is -0.537. The van der Waals surface area contributed by atoms with Gasteiger partial charge in [-0.3, -0.25) is 24.4 Å². The van der Waals surface area contributed by atoms with E-state index >= 15 is 0 Å². The van der Waals surface area contributed by atoms with E-state index in [1.807, 2.05) is 64.9 Å². The average molecular weight is 508 g/mol. The van der Waals surface area contributed by atoms with Crippen molar-refractivity contribution in [3.05, 3.63) is 103 Å². The van der Waals surface area contributed by atoms with Crippen molar-refractivity contribution in [3.8, 4) is 11.3 Å². The summed E-state index contributed by atoms with van der Waals surface area (Å²) in [4.78, 5) is 50.7. The van der Waals surface area contributed by atoms with Crippen LogP contribution in [0, 0.1) is 0 Å². The number of fused-ring (bicyclic) bond motifs is 1. The summed E-state index contributed by atoms with van der Waals surface area (Å²) in [7, 11) is 0. The number of carbonyl (C=O) groups excluding carboxylic acids is 1. The maximum atomic E-state index is 13.5. The zero-order chi connectivity index (χ0) is 24.4. The third kappa shape index (κ3) is 5.27. The molecule has 0 radical (unpaired) electrons. The molecule has 0 saturated heterocycles. The van der Waals surface area contributed by atoms with E-state index < -0.39 is 5.69 Å². The molecule has 5 rings (SSSR count). The van der Waals surface area contributed by atoms with Crippen LogP contribution in [0.25, 0.3) is 11.3 Å². The molecule has 4 aromatic rings. The van der Waals surface area contributed by atoms with Gasteiger partial charge in [0.2, 0.25) is 5.91 Å². The second kappa shape index (κ2) is 9.99. The van der Waals surface area contributed by atoms with Crippen LogP contribution in [0.5, 0.6) is 0 Å². The van der Waals surface area contributed by atoms with Crippen molar-refractivity contribution in [2.45, 2.75) is 19.5 Å². The first-order chi connectivity index (χ1) is 17.0. The van der Waals surface area contributed by atoms with Gasteiger partial charge >= 0.3 is 5.69 Å². The number of H-pyrrole nitrogens is 2. The van der Waals surface area contributed by atoms with Gasteiger partial charge < -0.3 is 4.98 Å². The second-order valence-electron chi connectivity index (χ2n) is 8.31. The lowest BCUT2D eigenvalue weighted by Gasteiger charge is -2.29. The maximum Gasteiger partial charge on any atom is 0.325 e. The van der Waals surface area contributed by atoms with Gasteiger partial charge in [-0.05, 0) is 24.1 Å². The van der Waals surface area contributed by atoms with Gasteiger partial charge in [-0.25, -0.2) is 9.78 Å². The van der Waals surface area contributed by atoms with Crippen LogP contribution in [0.4, 0.5) is 5.13 Å². The summed E-state index contributed by atoms with van der Waals surface area (Å²) in [6, 6.07) is 17.2. The number of aromatic amines is 2. The number of nitrogens with zero attached hydrogens (tertiary/aromatic N) is 3. The number of halogens is 1. The molecule has 0 aliphatic carbocycles. The Morgan fingerprint density at radius 3 is 2.63 bits per heavy atom. The van der Waals surface area contributed by atoms with Gasteiger partial charge in [0.15, 0.2) is 5.13 Å². The molecule has 2 N–H and O–H groups in total. The molecular formula is C25H22ClN5O3S. The first-order valence-electron chi connectivity index (χ1n) is 11.1. The summed E-state index contributed by atoms with van der Waals surface area (Å²) in [5, 5.41) is 3.18. The molecule has 35 heavy (non-hydrogen) atoms. The Labute approximate surface area is 209 Å². The standard InChI is InChI=1S/C25H22ClN5O3S/c26-18-8-6-17(7-9-18)21-15-35-25(28-21)31(12-16-4-2-1-3-5-16)22(32)14-30-11-10-19-20(13-30)27-24(34)29-23(19)33/h1-9,15H,10-14H2,(H2,27,29,33,34). The highest BCUT2D eigenvalue weighted by atomic mass is 35.5. The molecule has 0 fully saturated rings. The number of rotatable bonds is 6. The number of hydrogen-bond acceptors (Lipinski definition) is 6. The number of hydrogen-bond donors (Lipinski definition) is 2. The average Bonchev–Trinajstić information content (AvgIpc) is 3.33. The van der Waals surface area contributed by atoms with Gasteiger partial charge in [-0.1, -0.05) is 54.1 Å². The Kier molecular flexibility index (Phi) is 6.63. The third-order valence-electron chi connectivity index (χ3n) is 5.90. The fourth-order valence-electron chi connectivity index (χ4n) is 4.11. The summed E-state index contributed by atoms with van der Waals surface area (Å²) < 4.78 is 0. The molecule has 0 saturated carbocycles. The molecule has 2 aromatic carbocycles. The van der Waals surface area contributed by atoms with Gasteiger partial charge in [0.1, 0.15) is 0 Å². The Morgan fingerprint density at radius 1 is 1.09 bits per heavy atom. The molecule has 1 aliphatic rings. The summed E-state index contributed by atoms with van der Waals surface area (Å²) in [5.74, 6) is -0.110. The molecule has 0 spiro atoms. The fraction of sp³-hybridized carbons (Fsp3) is 0.200. The van der Waals surface area contributed by atoms with Crippen LogP contribution in [0.3, 0.4) is 0 Å². The summed E-state index contributed by atoms with van der Waals surface area (Å²) in [5.41, 5.74) is 2.92. The highest BCUT2D eigenvalue weighted by Crippen LogP contribution is 2.29. The molecule has 8 nitrogen and oxygen atoms in total. The summed E-state index contributed by atoms with van der Waals surface area (Å²) in [6.45, 7) is 1.39. The van der Waals surface area contributed by atoms with E-state index in [1.165, 1.54) is 11.3 Å². The van der Waals surface area contributed by atoms with Gasteiger partial charge in [0, 0.05) is 40.3 Å². The molecule has 0 bridgehead atoms. The molecule has 3 heterocycles. The molecule has 10 heteroatoms. The number of thiazole rings is 1. The number of anilines is 1. The fourth-order valence-corrected chi connectivity index (χ4v) is 5.09. The number of amides is 1. The first-order valence-corrected chi connectivity index (χ1v) is 12.3. The summed E-state index contributed by atoms with van der Waals surface area (Å²) >= 11 is 7.42. The molecule has 0 unspecified atom stereocenters. The predicted molar refractivity (Wildman–Crippen MR) is 137 cm³/mol. The van der Waals surface area contributed by atoms with Crippen LogP contribution >= 0.6 is 22.9 Å². The van der Waals surface area contributed by atoms with Gasteiger partial charge in [0.05, 0.1) is 18.8 Å². The zero-order valence-electron chi connectivity index (χ0n) is 18.7. The lowest BCUT2D eigenvalue weighted by molar-refractivity contribution is -0.120. The molecule has 1 aliphatic heterocycles. The second-order valence-corrected chi connectivity index (χ2v) is 9.59. The van der Waals surface area contributed by atoms with E-state index in [0.717, 1.165) is 16.8 Å². The van der Waals surface area contributed by atoms with E-state index in [0.29, 0.717) is 47.5 Å². The van der Waals surface area contributed by atoms with Crippen molar-refractivity contribution in [1.29, 1.82) is 0 Å². The Balaban J connectivity index is 1.39. The first kappa shape index (κ1) is 23.2. The number of benzene rings is 2. The molecular weight excluding hydrogens is 486 g/mol. The van der Waals surface area contributed by atoms with Gasteiger partial charge in [0.25, 0.3) is 5.56 Å². The zero-order valence-corrected chi connectivity index (χ0v) is 20.2. The van der Waals surface area contributed by atoms with E-state index in [4.69, 9.17) is 16.6 Å². The van der Waals surface area contributed by atoms with E-state index in [-0.39, 0.29) is 18.0 Å². The normalized spacial score (nSPS) is 13.4. The third-order valence-corrected chi connectivity index (χ3v) is 7.01. The van der Waals surface area contributed by atoms with E-state index in [2.05, 4.69) is 9.97 Å². The van der Waals surface area contributed by atoms with E-state index in [1.54, 1.807) is 4.90 Å². The molecule has 2 aromatic heterocycles. The minimum Gasteiger partial charge on any atom is -0.310 e. The van der Waals surface area contributed by atoms with Crippen molar-refractivity contribution in [3.63, 3.8) is 0 Å². The molecule has 178 valence electrons. The SMILES string of the molecule is O=C(CN1CCc2c([nH]c(=O)[nH]c2=O)C1)N(Cc1ccccc1)c1nc(-c2ccc(Cl)cc2)cs1. The largest absolute Gasteiger partial charge is 0.325 e. The van der Waals surface area contributed by atoms with Crippen LogP contribution < -0.4 is 16.1 Å². The highest BCUT2D eigenvalue weighted by Gasteiger charge is 2.26. The van der Waals surface area contributed by atoms with E-state index in [9.17, 15) is 14.4 Å². The number of aromatic nitrogens is 3. The highest BCUT2D eigenvalue weighted by molar-refractivity contribution is 7.14. The quantitative estimate of drug-likeness (QED) is 0.416. The summed E-state index contributed by atoms with van der Waals surface area (Å²) in [6.07, 6.45) is 0.464.